The Labute approximate surface area is 114 Å². The first-order valence-corrected chi connectivity index (χ1v) is 7.34. The molecule has 5 nitrogen and oxygen atoms in total. The molecule has 2 fully saturated rings. The molecule has 0 aromatic heterocycles. The molecule has 108 valence electrons. The zero-order valence-corrected chi connectivity index (χ0v) is 11.6. The van der Waals surface area contributed by atoms with Crippen LogP contribution in [-0.2, 0) is 4.79 Å². The number of rotatable bonds is 2. The second-order valence-electron chi connectivity index (χ2n) is 6.02. The third-order valence-electron chi connectivity index (χ3n) is 4.41. The van der Waals surface area contributed by atoms with Gasteiger partial charge in [-0.3, -0.25) is 4.79 Å². The monoisotopic (exact) mass is 268 g/mol. The number of carbonyl (C=O) groups is 2. The van der Waals surface area contributed by atoms with Crippen molar-refractivity contribution in [1.82, 2.24) is 10.2 Å². The van der Waals surface area contributed by atoms with Crippen LogP contribution in [0.15, 0.2) is 0 Å². The molecule has 19 heavy (non-hydrogen) atoms. The molecular weight excluding hydrogens is 244 g/mol. The second kappa shape index (κ2) is 6.26. The Morgan fingerprint density at radius 3 is 2.63 bits per heavy atom. The summed E-state index contributed by atoms with van der Waals surface area (Å²) in [5.74, 6) is -0.324. The number of hydrogen-bond acceptors (Lipinski definition) is 2. The van der Waals surface area contributed by atoms with Gasteiger partial charge in [-0.25, -0.2) is 4.79 Å². The van der Waals surface area contributed by atoms with Crippen molar-refractivity contribution in [2.24, 2.45) is 11.8 Å². The Morgan fingerprint density at radius 2 is 1.95 bits per heavy atom. The lowest BCUT2D eigenvalue weighted by Crippen LogP contribution is -2.44. The maximum Gasteiger partial charge on any atom is 0.317 e. The Morgan fingerprint density at radius 1 is 1.16 bits per heavy atom. The Bertz CT molecular complexity index is 346. The van der Waals surface area contributed by atoms with E-state index in [4.69, 9.17) is 5.11 Å². The van der Waals surface area contributed by atoms with Gasteiger partial charge in [0.15, 0.2) is 0 Å². The molecule has 2 N–H and O–H groups in total. The summed E-state index contributed by atoms with van der Waals surface area (Å²) in [5.41, 5.74) is 0. The van der Waals surface area contributed by atoms with Crippen LogP contribution in [0.3, 0.4) is 0 Å². The van der Waals surface area contributed by atoms with Crippen LogP contribution < -0.4 is 5.32 Å². The third-order valence-corrected chi connectivity index (χ3v) is 4.41. The third kappa shape index (κ3) is 3.85. The van der Waals surface area contributed by atoms with Crippen LogP contribution in [0.1, 0.15) is 45.4 Å². The number of carboxylic acid groups (broad SMARTS) is 1. The fourth-order valence-corrected chi connectivity index (χ4v) is 3.07. The molecular formula is C14H24N2O3. The first kappa shape index (κ1) is 14.2. The first-order valence-electron chi connectivity index (χ1n) is 7.34. The summed E-state index contributed by atoms with van der Waals surface area (Å²) in [7, 11) is 0. The normalized spacial score (nSPS) is 31.8. The minimum atomic E-state index is -0.736. The van der Waals surface area contributed by atoms with Crippen molar-refractivity contribution in [3.63, 3.8) is 0 Å². The molecule has 2 aliphatic rings. The van der Waals surface area contributed by atoms with E-state index in [1.807, 2.05) is 4.90 Å². The van der Waals surface area contributed by atoms with Gasteiger partial charge in [0.1, 0.15) is 0 Å². The molecule has 1 aliphatic carbocycles. The number of nitrogens with one attached hydrogen (secondary N) is 1. The van der Waals surface area contributed by atoms with Gasteiger partial charge in [0.25, 0.3) is 0 Å². The molecule has 1 saturated carbocycles. The molecule has 2 amide bonds. The molecule has 0 aromatic rings. The molecule has 0 radical (unpaired) electrons. The average molecular weight is 268 g/mol. The van der Waals surface area contributed by atoms with Gasteiger partial charge in [-0.1, -0.05) is 6.92 Å². The molecule has 1 heterocycles. The van der Waals surface area contributed by atoms with E-state index in [1.165, 1.54) is 6.42 Å². The average Bonchev–Trinajstić information content (AvgIpc) is 2.71. The van der Waals surface area contributed by atoms with Crippen molar-refractivity contribution < 1.29 is 14.7 Å². The van der Waals surface area contributed by atoms with Crippen molar-refractivity contribution in [2.75, 3.05) is 13.1 Å². The lowest BCUT2D eigenvalue weighted by atomic mass is 10.0. The maximum absolute atomic E-state index is 12.2. The summed E-state index contributed by atoms with van der Waals surface area (Å²) in [6, 6.07) is 0.0272. The van der Waals surface area contributed by atoms with Crippen molar-refractivity contribution in [3.8, 4) is 0 Å². The predicted octanol–water partition coefficient (Wildman–Crippen LogP) is 2.07. The van der Waals surface area contributed by atoms with Gasteiger partial charge >= 0.3 is 12.0 Å². The van der Waals surface area contributed by atoms with Gasteiger partial charge in [-0.05, 0) is 44.4 Å². The highest BCUT2D eigenvalue weighted by atomic mass is 16.4. The fraction of sp³-hybridized carbons (Fsp3) is 0.857. The van der Waals surface area contributed by atoms with Crippen LogP contribution in [-0.4, -0.2) is 41.1 Å². The molecule has 5 heteroatoms. The van der Waals surface area contributed by atoms with Crippen molar-refractivity contribution in [1.29, 1.82) is 0 Å². The second-order valence-corrected chi connectivity index (χ2v) is 6.02. The lowest BCUT2D eigenvalue weighted by Gasteiger charge is -2.23. The SMILES string of the molecule is CC1CCCN(C(=O)NC2CCC(C(=O)O)C2)CC1. The zero-order valence-electron chi connectivity index (χ0n) is 11.6. The maximum atomic E-state index is 12.2. The zero-order chi connectivity index (χ0) is 13.8. The van der Waals surface area contributed by atoms with Crippen LogP contribution in [0.2, 0.25) is 0 Å². The highest BCUT2D eigenvalue weighted by Crippen LogP contribution is 2.26. The van der Waals surface area contributed by atoms with Crippen LogP contribution >= 0.6 is 0 Å². The Hall–Kier alpha value is -1.26. The number of carboxylic acids is 1. The molecule has 1 aliphatic heterocycles. The molecule has 3 unspecified atom stereocenters. The number of carbonyl (C=O) groups excluding carboxylic acids is 1. The molecule has 0 aromatic carbocycles. The number of urea groups is 1. The van der Waals surface area contributed by atoms with Gasteiger partial charge < -0.3 is 15.3 Å². The van der Waals surface area contributed by atoms with Crippen molar-refractivity contribution in [3.05, 3.63) is 0 Å². The quantitative estimate of drug-likeness (QED) is 0.805. The highest BCUT2D eigenvalue weighted by molar-refractivity contribution is 5.75. The number of nitrogens with zero attached hydrogens (tertiary/aromatic N) is 1. The molecule has 2 rings (SSSR count). The van der Waals surface area contributed by atoms with E-state index in [0.29, 0.717) is 18.8 Å². The van der Waals surface area contributed by atoms with E-state index in [1.54, 1.807) is 0 Å². The van der Waals surface area contributed by atoms with Crippen LogP contribution in [0.5, 0.6) is 0 Å². The van der Waals surface area contributed by atoms with Gasteiger partial charge in [0, 0.05) is 19.1 Å². The van der Waals surface area contributed by atoms with E-state index in [-0.39, 0.29) is 18.0 Å². The number of likely N-dealkylation sites (tertiary alicyclic amines) is 1. The number of hydrogen-bond donors (Lipinski definition) is 2. The summed E-state index contributed by atoms with van der Waals surface area (Å²) < 4.78 is 0. The van der Waals surface area contributed by atoms with Crippen molar-refractivity contribution in [2.45, 2.75) is 51.5 Å². The largest absolute Gasteiger partial charge is 0.481 e. The van der Waals surface area contributed by atoms with Gasteiger partial charge in [-0.15, -0.1) is 0 Å². The van der Waals surface area contributed by atoms with Gasteiger partial charge in [-0.2, -0.15) is 0 Å². The van der Waals surface area contributed by atoms with E-state index in [2.05, 4.69) is 12.2 Å². The first-order chi connectivity index (χ1) is 9.06. The molecule has 1 saturated heterocycles. The standard InChI is InChI=1S/C14H24N2O3/c1-10-3-2-7-16(8-6-10)14(19)15-12-5-4-11(9-12)13(17)18/h10-12H,2-9H2,1H3,(H,15,19)(H,17,18). The predicted molar refractivity (Wildman–Crippen MR) is 71.9 cm³/mol. The van der Waals surface area contributed by atoms with Crippen LogP contribution in [0, 0.1) is 11.8 Å². The summed E-state index contributed by atoms with van der Waals surface area (Å²) in [6.45, 7) is 3.88. The fourth-order valence-electron chi connectivity index (χ4n) is 3.07. The van der Waals surface area contributed by atoms with Gasteiger partial charge in [0.2, 0.25) is 0 Å². The van der Waals surface area contributed by atoms with Crippen LogP contribution in [0.4, 0.5) is 4.79 Å². The lowest BCUT2D eigenvalue weighted by molar-refractivity contribution is -0.141. The Kier molecular flexibility index (Phi) is 4.66. The summed E-state index contributed by atoms with van der Waals surface area (Å²) in [4.78, 5) is 24.9. The molecule has 0 spiro atoms. The number of amides is 2. The Balaban J connectivity index is 1.79. The summed E-state index contributed by atoms with van der Waals surface area (Å²) >= 11 is 0. The van der Waals surface area contributed by atoms with Gasteiger partial charge in [0.05, 0.1) is 5.92 Å². The number of aliphatic carboxylic acids is 1. The minimum Gasteiger partial charge on any atom is -0.481 e. The molecule has 3 atom stereocenters. The molecule has 0 bridgehead atoms. The van der Waals surface area contributed by atoms with Crippen LogP contribution in [0.25, 0.3) is 0 Å². The summed E-state index contributed by atoms with van der Waals surface area (Å²) in [5, 5.41) is 12.0. The summed E-state index contributed by atoms with van der Waals surface area (Å²) in [6.07, 6.45) is 5.36. The van der Waals surface area contributed by atoms with E-state index in [0.717, 1.165) is 32.4 Å². The smallest absolute Gasteiger partial charge is 0.317 e. The highest BCUT2D eigenvalue weighted by Gasteiger charge is 2.31. The van der Waals surface area contributed by atoms with E-state index < -0.39 is 5.97 Å². The minimum absolute atomic E-state index is 0.00913. The topological polar surface area (TPSA) is 69.6 Å². The van der Waals surface area contributed by atoms with E-state index >= 15 is 0 Å². The van der Waals surface area contributed by atoms with Crippen molar-refractivity contribution >= 4 is 12.0 Å². The van der Waals surface area contributed by atoms with E-state index in [9.17, 15) is 9.59 Å².